The quantitative estimate of drug-likeness (QED) is 0.371. The van der Waals surface area contributed by atoms with E-state index < -0.39 is 5.50 Å². The molecule has 0 unspecified atom stereocenters. The van der Waals surface area contributed by atoms with Crippen LogP contribution in [0.25, 0.3) is 6.08 Å². The molecule has 4 nitrogen and oxygen atoms in total. The standard InChI is InChI=1S/C19H25BO4/c1-4-15-10-12-16(13-11-15)18(22)23-14-8-6-5-7-9-17(21)24-19(2,3)20/h4,10-13H,1,5-9,14H2,2-3H3. The maximum absolute atomic E-state index is 11.8. The summed E-state index contributed by atoms with van der Waals surface area (Å²) in [5.74, 6) is -0.601. The maximum Gasteiger partial charge on any atom is 0.338 e. The van der Waals surface area contributed by atoms with E-state index in [1.807, 2.05) is 12.1 Å². The van der Waals surface area contributed by atoms with Gasteiger partial charge in [-0.05, 0) is 44.4 Å². The van der Waals surface area contributed by atoms with Gasteiger partial charge in [0, 0.05) is 6.42 Å². The van der Waals surface area contributed by atoms with E-state index in [2.05, 4.69) is 6.58 Å². The normalized spacial score (nSPS) is 10.9. The first-order valence-corrected chi connectivity index (χ1v) is 8.22. The molecule has 0 atom stereocenters. The molecule has 0 heterocycles. The summed E-state index contributed by atoms with van der Waals surface area (Å²) in [6.07, 6.45) is 5.36. The van der Waals surface area contributed by atoms with Crippen LogP contribution in [-0.4, -0.2) is 31.9 Å². The van der Waals surface area contributed by atoms with Gasteiger partial charge >= 0.3 is 11.9 Å². The third-order valence-corrected chi connectivity index (χ3v) is 3.27. The van der Waals surface area contributed by atoms with Gasteiger partial charge in [-0.15, -0.1) is 0 Å². The Morgan fingerprint density at radius 2 is 1.75 bits per heavy atom. The van der Waals surface area contributed by atoms with Crippen LogP contribution in [0.4, 0.5) is 0 Å². The number of ether oxygens (including phenoxy) is 2. The van der Waals surface area contributed by atoms with Crippen LogP contribution in [0, 0.1) is 0 Å². The number of benzene rings is 1. The summed E-state index contributed by atoms with van der Waals surface area (Å²) < 4.78 is 10.2. The fraction of sp³-hybridized carbons (Fsp3) is 0.474. The van der Waals surface area contributed by atoms with Gasteiger partial charge in [0.15, 0.2) is 0 Å². The van der Waals surface area contributed by atoms with Gasteiger partial charge in [-0.2, -0.15) is 0 Å². The van der Waals surface area contributed by atoms with Gasteiger partial charge in [0.05, 0.1) is 17.7 Å². The molecule has 0 aliphatic carbocycles. The zero-order chi connectivity index (χ0) is 18.0. The molecule has 0 saturated carbocycles. The third kappa shape index (κ3) is 8.56. The molecule has 0 fully saturated rings. The molecule has 1 aromatic carbocycles. The van der Waals surface area contributed by atoms with Crippen molar-refractivity contribution in [1.29, 1.82) is 0 Å². The molecule has 128 valence electrons. The Morgan fingerprint density at radius 3 is 2.33 bits per heavy atom. The molecule has 5 heteroatoms. The van der Waals surface area contributed by atoms with Crippen LogP contribution in [-0.2, 0) is 14.3 Å². The van der Waals surface area contributed by atoms with Crippen molar-refractivity contribution in [1.82, 2.24) is 0 Å². The molecule has 0 amide bonds. The smallest absolute Gasteiger partial charge is 0.338 e. The lowest BCUT2D eigenvalue weighted by Crippen LogP contribution is -2.27. The zero-order valence-electron chi connectivity index (χ0n) is 14.5. The van der Waals surface area contributed by atoms with Crippen LogP contribution in [0.3, 0.4) is 0 Å². The van der Waals surface area contributed by atoms with E-state index in [4.69, 9.17) is 17.3 Å². The second-order valence-corrected chi connectivity index (χ2v) is 6.20. The van der Waals surface area contributed by atoms with Crippen molar-refractivity contribution in [2.75, 3.05) is 6.61 Å². The second-order valence-electron chi connectivity index (χ2n) is 6.20. The van der Waals surface area contributed by atoms with Crippen LogP contribution in [0.1, 0.15) is 61.9 Å². The maximum atomic E-state index is 11.8. The number of carbonyl (C=O) groups is 2. The van der Waals surface area contributed by atoms with Gasteiger partial charge in [-0.1, -0.05) is 37.6 Å². The van der Waals surface area contributed by atoms with Crippen LogP contribution < -0.4 is 0 Å². The number of hydrogen-bond donors (Lipinski definition) is 0. The monoisotopic (exact) mass is 328 g/mol. The number of rotatable bonds is 10. The van der Waals surface area contributed by atoms with E-state index in [9.17, 15) is 9.59 Å². The molecular formula is C19H25BO4. The lowest BCUT2D eigenvalue weighted by molar-refractivity contribution is -0.150. The molecular weight excluding hydrogens is 303 g/mol. The van der Waals surface area contributed by atoms with Crippen molar-refractivity contribution in [3.63, 3.8) is 0 Å². The Labute approximate surface area is 145 Å². The minimum atomic E-state index is -0.921. The highest BCUT2D eigenvalue weighted by Gasteiger charge is 2.15. The highest BCUT2D eigenvalue weighted by atomic mass is 16.6. The fourth-order valence-corrected chi connectivity index (χ4v) is 2.07. The summed E-state index contributed by atoms with van der Waals surface area (Å²) in [4.78, 5) is 23.3. The molecule has 2 radical (unpaired) electrons. The Hall–Kier alpha value is -2.04. The van der Waals surface area contributed by atoms with Gasteiger partial charge in [-0.25, -0.2) is 4.79 Å². The van der Waals surface area contributed by atoms with Crippen molar-refractivity contribution < 1.29 is 19.1 Å². The Bertz CT molecular complexity index is 543. The molecule has 0 aliphatic rings. The highest BCUT2D eigenvalue weighted by Crippen LogP contribution is 2.10. The number of esters is 2. The van der Waals surface area contributed by atoms with Gasteiger partial charge in [0.1, 0.15) is 7.85 Å². The molecule has 0 aromatic heterocycles. The van der Waals surface area contributed by atoms with Crippen LogP contribution in [0.15, 0.2) is 30.8 Å². The topological polar surface area (TPSA) is 52.6 Å². The van der Waals surface area contributed by atoms with Crippen molar-refractivity contribution in [3.05, 3.63) is 42.0 Å². The predicted octanol–water partition coefficient (Wildman–Crippen LogP) is 3.88. The van der Waals surface area contributed by atoms with Crippen molar-refractivity contribution in [3.8, 4) is 0 Å². The first kappa shape index (κ1) is 20.0. The molecule has 1 aromatic rings. The van der Waals surface area contributed by atoms with E-state index in [1.165, 1.54) is 0 Å². The number of unbranched alkanes of at least 4 members (excludes halogenated alkanes) is 3. The highest BCUT2D eigenvalue weighted by molar-refractivity contribution is 6.14. The largest absolute Gasteiger partial charge is 0.470 e. The van der Waals surface area contributed by atoms with Gasteiger partial charge in [0.25, 0.3) is 0 Å². The summed E-state index contributed by atoms with van der Waals surface area (Å²) >= 11 is 0. The summed E-state index contributed by atoms with van der Waals surface area (Å²) in [6, 6.07) is 7.10. The lowest BCUT2D eigenvalue weighted by Gasteiger charge is -2.20. The summed E-state index contributed by atoms with van der Waals surface area (Å²) in [5.41, 5.74) is 0.575. The number of hydrogen-bond acceptors (Lipinski definition) is 4. The van der Waals surface area contributed by atoms with E-state index >= 15 is 0 Å². The fourth-order valence-electron chi connectivity index (χ4n) is 2.07. The summed E-state index contributed by atoms with van der Waals surface area (Å²) in [7, 11) is 5.60. The average Bonchev–Trinajstić information content (AvgIpc) is 2.52. The van der Waals surface area contributed by atoms with Crippen LogP contribution in [0.2, 0.25) is 0 Å². The molecule has 24 heavy (non-hydrogen) atoms. The van der Waals surface area contributed by atoms with E-state index in [1.54, 1.807) is 32.1 Å². The lowest BCUT2D eigenvalue weighted by atomic mass is 9.86. The van der Waals surface area contributed by atoms with Gasteiger partial charge in [0.2, 0.25) is 0 Å². The van der Waals surface area contributed by atoms with Gasteiger partial charge < -0.3 is 9.47 Å². The molecule has 0 spiro atoms. The Balaban J connectivity index is 2.10. The van der Waals surface area contributed by atoms with Crippen molar-refractivity contribution in [2.24, 2.45) is 0 Å². The Morgan fingerprint density at radius 1 is 1.12 bits per heavy atom. The summed E-state index contributed by atoms with van der Waals surface area (Å²) in [5, 5.41) is 0. The molecule has 1 rings (SSSR count). The van der Waals surface area contributed by atoms with Crippen molar-refractivity contribution >= 4 is 25.9 Å². The molecule has 0 saturated heterocycles. The molecule has 0 aliphatic heterocycles. The van der Waals surface area contributed by atoms with Crippen LogP contribution >= 0.6 is 0 Å². The second kappa shape index (κ2) is 9.96. The molecule has 0 bridgehead atoms. The SMILES string of the molecule is [B]C(C)(C)OC(=O)CCCCCCOC(=O)c1ccc(C=C)cc1. The number of carbonyl (C=O) groups excluding carboxylic acids is 2. The first-order valence-electron chi connectivity index (χ1n) is 8.22. The minimum absolute atomic E-state index is 0.281. The summed E-state index contributed by atoms with van der Waals surface area (Å²) in [6.45, 7) is 7.33. The zero-order valence-corrected chi connectivity index (χ0v) is 14.5. The van der Waals surface area contributed by atoms with E-state index in [0.717, 1.165) is 31.2 Å². The molecule has 0 N–H and O–H groups in total. The van der Waals surface area contributed by atoms with E-state index in [0.29, 0.717) is 18.6 Å². The third-order valence-electron chi connectivity index (χ3n) is 3.27. The minimum Gasteiger partial charge on any atom is -0.470 e. The predicted molar refractivity (Wildman–Crippen MR) is 95.8 cm³/mol. The van der Waals surface area contributed by atoms with Crippen LogP contribution in [0.5, 0.6) is 0 Å². The Kier molecular flexibility index (Phi) is 8.30. The average molecular weight is 328 g/mol. The first-order chi connectivity index (χ1) is 11.3. The van der Waals surface area contributed by atoms with E-state index in [-0.39, 0.29) is 11.9 Å². The van der Waals surface area contributed by atoms with Crippen molar-refractivity contribution in [2.45, 2.75) is 51.5 Å². The van der Waals surface area contributed by atoms with Gasteiger partial charge in [-0.3, -0.25) is 4.79 Å².